The van der Waals surface area contributed by atoms with Crippen LogP contribution in [0, 0.1) is 5.82 Å². The molecule has 2 aliphatic heterocycles. The number of carbonyl (C=O) groups is 1. The van der Waals surface area contributed by atoms with Crippen molar-refractivity contribution in [3.05, 3.63) is 64.7 Å². The predicted molar refractivity (Wildman–Crippen MR) is 110 cm³/mol. The van der Waals surface area contributed by atoms with Crippen molar-refractivity contribution < 1.29 is 18.7 Å². The molecule has 1 aromatic carbocycles. The standard InChI is InChI=1S/C21H19FN4O3S/c22-13-4-1-3-12(9-13)14-6-7-23-21(25-14)26-16-11-29-18-15(10-28-19(16)18)24-20(27)17-5-2-8-30-17/h1-9,15-16,18-19H,10-11H2,(H,24,27)(H,23,25,26). The van der Waals surface area contributed by atoms with Gasteiger partial charge in [0.25, 0.3) is 5.91 Å². The van der Waals surface area contributed by atoms with E-state index in [9.17, 15) is 9.18 Å². The molecule has 4 atom stereocenters. The zero-order valence-electron chi connectivity index (χ0n) is 15.8. The molecule has 7 nitrogen and oxygen atoms in total. The maximum Gasteiger partial charge on any atom is 0.261 e. The van der Waals surface area contributed by atoms with Crippen LogP contribution in [0.25, 0.3) is 11.3 Å². The molecule has 4 unspecified atom stereocenters. The summed E-state index contributed by atoms with van der Waals surface area (Å²) in [5.74, 6) is -0.0197. The lowest BCUT2D eigenvalue weighted by molar-refractivity contribution is 0.0652. The summed E-state index contributed by atoms with van der Waals surface area (Å²) in [6.45, 7) is 0.795. The average Bonchev–Trinajstić information content (AvgIpc) is 3.49. The smallest absolute Gasteiger partial charge is 0.261 e. The first-order valence-corrected chi connectivity index (χ1v) is 10.5. The summed E-state index contributed by atoms with van der Waals surface area (Å²) in [4.78, 5) is 21.8. The Kier molecular flexibility index (Phi) is 5.16. The number of fused-ring (bicyclic) bond motifs is 1. The van der Waals surface area contributed by atoms with Crippen LogP contribution < -0.4 is 10.6 Å². The number of ether oxygens (including phenoxy) is 2. The highest BCUT2D eigenvalue weighted by molar-refractivity contribution is 7.12. The number of halogens is 1. The summed E-state index contributed by atoms with van der Waals surface area (Å²) in [5.41, 5.74) is 1.30. The van der Waals surface area contributed by atoms with Gasteiger partial charge in [-0.25, -0.2) is 14.4 Å². The summed E-state index contributed by atoms with van der Waals surface area (Å²) in [5, 5.41) is 8.13. The van der Waals surface area contributed by atoms with E-state index in [-0.39, 0.29) is 36.0 Å². The van der Waals surface area contributed by atoms with Crippen molar-refractivity contribution >= 4 is 23.2 Å². The molecule has 2 N–H and O–H groups in total. The largest absolute Gasteiger partial charge is 0.371 e. The van der Waals surface area contributed by atoms with Gasteiger partial charge in [-0.15, -0.1) is 11.3 Å². The maximum atomic E-state index is 13.5. The Morgan fingerprint density at radius 3 is 2.73 bits per heavy atom. The number of aromatic nitrogens is 2. The van der Waals surface area contributed by atoms with Gasteiger partial charge in [-0.3, -0.25) is 4.79 Å². The molecule has 5 rings (SSSR count). The Morgan fingerprint density at radius 2 is 1.93 bits per heavy atom. The molecule has 2 aliphatic rings. The Labute approximate surface area is 176 Å². The van der Waals surface area contributed by atoms with Crippen LogP contribution >= 0.6 is 11.3 Å². The lowest BCUT2D eigenvalue weighted by Gasteiger charge is -2.18. The number of hydrogen-bond acceptors (Lipinski definition) is 7. The number of carbonyl (C=O) groups excluding carboxylic acids is 1. The minimum atomic E-state index is -0.317. The highest BCUT2D eigenvalue weighted by Crippen LogP contribution is 2.29. The van der Waals surface area contributed by atoms with E-state index in [0.717, 1.165) is 0 Å². The molecule has 0 saturated carbocycles. The summed E-state index contributed by atoms with van der Waals surface area (Å²) < 4.78 is 25.4. The zero-order chi connectivity index (χ0) is 20.5. The van der Waals surface area contributed by atoms with E-state index < -0.39 is 0 Å². The van der Waals surface area contributed by atoms with Crippen molar-refractivity contribution in [3.63, 3.8) is 0 Å². The molecule has 1 amide bonds. The first kappa shape index (κ1) is 19.1. The molecule has 30 heavy (non-hydrogen) atoms. The number of amides is 1. The van der Waals surface area contributed by atoms with Crippen LogP contribution in [0.1, 0.15) is 9.67 Å². The number of anilines is 1. The van der Waals surface area contributed by atoms with Gasteiger partial charge in [0.05, 0.1) is 35.9 Å². The molecule has 2 saturated heterocycles. The second-order valence-corrected chi connectivity index (χ2v) is 8.13. The van der Waals surface area contributed by atoms with E-state index in [0.29, 0.717) is 35.3 Å². The highest BCUT2D eigenvalue weighted by Gasteiger charge is 2.48. The third-order valence-electron chi connectivity index (χ3n) is 5.21. The van der Waals surface area contributed by atoms with Crippen molar-refractivity contribution in [2.24, 2.45) is 0 Å². The van der Waals surface area contributed by atoms with Crippen molar-refractivity contribution in [3.8, 4) is 11.3 Å². The number of nitrogens with one attached hydrogen (secondary N) is 2. The fourth-order valence-electron chi connectivity index (χ4n) is 3.80. The van der Waals surface area contributed by atoms with Crippen LogP contribution in [0.3, 0.4) is 0 Å². The molecule has 0 aliphatic carbocycles. The van der Waals surface area contributed by atoms with E-state index in [1.54, 1.807) is 30.5 Å². The van der Waals surface area contributed by atoms with Gasteiger partial charge < -0.3 is 20.1 Å². The van der Waals surface area contributed by atoms with Gasteiger partial charge in [0.2, 0.25) is 5.95 Å². The van der Waals surface area contributed by atoms with E-state index in [4.69, 9.17) is 9.47 Å². The monoisotopic (exact) mass is 426 g/mol. The molecular formula is C21H19FN4O3S. The molecule has 154 valence electrons. The van der Waals surface area contributed by atoms with Crippen molar-refractivity contribution in [2.45, 2.75) is 24.3 Å². The molecule has 9 heteroatoms. The van der Waals surface area contributed by atoms with Gasteiger partial charge in [0.15, 0.2) is 0 Å². The second-order valence-electron chi connectivity index (χ2n) is 7.18. The second kappa shape index (κ2) is 8.10. The van der Waals surface area contributed by atoms with E-state index in [2.05, 4.69) is 20.6 Å². The zero-order valence-corrected chi connectivity index (χ0v) is 16.6. The molecule has 3 aromatic rings. The van der Waals surface area contributed by atoms with Gasteiger partial charge in [-0.2, -0.15) is 0 Å². The average molecular weight is 426 g/mol. The van der Waals surface area contributed by atoms with Crippen LogP contribution in [-0.4, -0.2) is 53.4 Å². The molecule has 0 spiro atoms. The molecule has 0 bridgehead atoms. The Hall–Kier alpha value is -2.88. The lowest BCUT2D eigenvalue weighted by Crippen LogP contribution is -2.44. The van der Waals surface area contributed by atoms with Crippen LogP contribution in [0.4, 0.5) is 10.3 Å². The number of nitrogens with zero attached hydrogens (tertiary/aromatic N) is 2. The summed E-state index contributed by atoms with van der Waals surface area (Å²) in [6, 6.07) is 11.3. The predicted octanol–water partition coefficient (Wildman–Crippen LogP) is 2.72. The highest BCUT2D eigenvalue weighted by atomic mass is 32.1. The van der Waals surface area contributed by atoms with Gasteiger partial charge >= 0.3 is 0 Å². The maximum absolute atomic E-state index is 13.5. The van der Waals surface area contributed by atoms with Gasteiger partial charge in [0.1, 0.15) is 18.0 Å². The molecule has 0 radical (unpaired) electrons. The third kappa shape index (κ3) is 3.79. The minimum Gasteiger partial charge on any atom is -0.371 e. The quantitative estimate of drug-likeness (QED) is 0.653. The Morgan fingerprint density at radius 1 is 1.10 bits per heavy atom. The molecule has 2 aromatic heterocycles. The number of thiophene rings is 1. The Bertz CT molecular complexity index is 1050. The van der Waals surface area contributed by atoms with E-state index in [1.165, 1.54) is 23.5 Å². The van der Waals surface area contributed by atoms with Gasteiger partial charge in [-0.05, 0) is 29.6 Å². The van der Waals surface area contributed by atoms with Crippen LogP contribution in [-0.2, 0) is 9.47 Å². The summed E-state index contributed by atoms with van der Waals surface area (Å²) in [6.07, 6.45) is 1.17. The van der Waals surface area contributed by atoms with Crippen LogP contribution in [0.15, 0.2) is 54.0 Å². The van der Waals surface area contributed by atoms with E-state index in [1.807, 2.05) is 11.4 Å². The molecule has 2 fully saturated rings. The lowest BCUT2D eigenvalue weighted by atomic mass is 10.1. The number of rotatable bonds is 5. The summed E-state index contributed by atoms with van der Waals surface area (Å²) in [7, 11) is 0. The molecular weight excluding hydrogens is 407 g/mol. The van der Waals surface area contributed by atoms with Gasteiger partial charge in [-0.1, -0.05) is 18.2 Å². The topological polar surface area (TPSA) is 85.4 Å². The van der Waals surface area contributed by atoms with Crippen molar-refractivity contribution in [2.75, 3.05) is 18.5 Å². The molecule has 4 heterocycles. The normalized spacial score (nSPS) is 25.1. The van der Waals surface area contributed by atoms with Crippen molar-refractivity contribution in [1.82, 2.24) is 15.3 Å². The number of benzene rings is 1. The first-order chi connectivity index (χ1) is 14.7. The summed E-state index contributed by atoms with van der Waals surface area (Å²) >= 11 is 1.40. The fourth-order valence-corrected chi connectivity index (χ4v) is 4.42. The Balaban J connectivity index is 1.25. The van der Waals surface area contributed by atoms with E-state index >= 15 is 0 Å². The van der Waals surface area contributed by atoms with Gasteiger partial charge in [0, 0.05) is 11.8 Å². The fraction of sp³-hybridized carbons (Fsp3) is 0.286. The van der Waals surface area contributed by atoms with Crippen LogP contribution in [0.5, 0.6) is 0 Å². The number of hydrogen-bond donors (Lipinski definition) is 2. The SMILES string of the molecule is O=C(NC1COC2C(Nc3nccc(-c4cccc(F)c4)n3)COC12)c1cccs1. The minimum absolute atomic E-state index is 0.120. The first-order valence-electron chi connectivity index (χ1n) is 9.60. The van der Waals surface area contributed by atoms with Crippen LogP contribution in [0.2, 0.25) is 0 Å². The third-order valence-corrected chi connectivity index (χ3v) is 6.07. The van der Waals surface area contributed by atoms with Crippen molar-refractivity contribution in [1.29, 1.82) is 0 Å².